The predicted octanol–water partition coefficient (Wildman–Crippen LogP) is 2.38. The summed E-state index contributed by atoms with van der Waals surface area (Å²) in [5, 5.41) is 17.3. The lowest BCUT2D eigenvalue weighted by Crippen LogP contribution is -2.52. The highest BCUT2D eigenvalue weighted by Crippen LogP contribution is 2.25. The molecule has 3 atom stereocenters. The van der Waals surface area contributed by atoms with Crippen LogP contribution in [0, 0.1) is 13.8 Å². The molecule has 2 aromatic rings. The van der Waals surface area contributed by atoms with Crippen LogP contribution in [0.1, 0.15) is 41.1 Å². The number of benzene rings is 1. The van der Waals surface area contributed by atoms with Gasteiger partial charge in [0.2, 0.25) is 0 Å². The number of carbonyl (C=O) groups excluding carboxylic acids is 1. The molecule has 1 saturated carbocycles. The van der Waals surface area contributed by atoms with Gasteiger partial charge in [-0.3, -0.25) is 4.79 Å². The van der Waals surface area contributed by atoms with E-state index in [1.165, 1.54) is 0 Å². The molecule has 128 valence electrons. The number of carbonyl (C=O) groups is 1. The van der Waals surface area contributed by atoms with Gasteiger partial charge >= 0.3 is 0 Å². The van der Waals surface area contributed by atoms with Gasteiger partial charge in [-0.2, -0.15) is 0 Å². The second-order valence-corrected chi connectivity index (χ2v) is 6.17. The number of amides is 1. The lowest BCUT2D eigenvalue weighted by Gasteiger charge is -2.35. The van der Waals surface area contributed by atoms with Crippen LogP contribution in [0.4, 0.5) is 0 Å². The Morgan fingerprint density at radius 1 is 1.29 bits per heavy atom. The van der Waals surface area contributed by atoms with E-state index in [4.69, 9.17) is 9.26 Å². The Morgan fingerprint density at radius 3 is 2.71 bits per heavy atom. The molecule has 0 saturated heterocycles. The highest BCUT2D eigenvalue weighted by Gasteiger charge is 2.35. The van der Waals surface area contributed by atoms with Crippen molar-refractivity contribution in [3.8, 4) is 5.75 Å². The van der Waals surface area contributed by atoms with Gasteiger partial charge in [0.15, 0.2) is 0 Å². The quantitative estimate of drug-likeness (QED) is 0.899. The van der Waals surface area contributed by atoms with Gasteiger partial charge < -0.3 is 19.7 Å². The highest BCUT2D eigenvalue weighted by molar-refractivity contribution is 5.96. The van der Waals surface area contributed by atoms with Gasteiger partial charge in [-0.25, -0.2) is 0 Å². The number of nitrogens with one attached hydrogen (secondary N) is 1. The third kappa shape index (κ3) is 3.43. The first-order valence-electron chi connectivity index (χ1n) is 8.19. The minimum atomic E-state index is -0.761. The van der Waals surface area contributed by atoms with Gasteiger partial charge in [0.05, 0.1) is 11.7 Å². The molecule has 1 aliphatic rings. The van der Waals surface area contributed by atoms with Crippen molar-refractivity contribution in [3.63, 3.8) is 0 Å². The van der Waals surface area contributed by atoms with E-state index in [2.05, 4.69) is 10.5 Å². The van der Waals surface area contributed by atoms with Gasteiger partial charge in [0, 0.05) is 0 Å². The molecular formula is C18H22N2O4. The van der Waals surface area contributed by atoms with Crippen LogP contribution in [-0.4, -0.2) is 34.4 Å². The fourth-order valence-corrected chi connectivity index (χ4v) is 3.15. The van der Waals surface area contributed by atoms with Gasteiger partial charge in [-0.15, -0.1) is 0 Å². The molecule has 3 rings (SSSR count). The smallest absolute Gasteiger partial charge is 0.257 e. The summed E-state index contributed by atoms with van der Waals surface area (Å²) in [5.74, 6) is 0.933. The minimum Gasteiger partial charge on any atom is -0.488 e. The summed E-state index contributed by atoms with van der Waals surface area (Å²) in [7, 11) is 0. The summed E-state index contributed by atoms with van der Waals surface area (Å²) in [4.78, 5) is 12.5. The summed E-state index contributed by atoms with van der Waals surface area (Å²) in [6, 6.07) is 9.06. The van der Waals surface area contributed by atoms with E-state index in [-0.39, 0.29) is 18.1 Å². The molecule has 1 aromatic heterocycles. The largest absolute Gasteiger partial charge is 0.488 e. The maximum absolute atomic E-state index is 12.5. The van der Waals surface area contributed by atoms with Crippen LogP contribution in [0.5, 0.6) is 5.75 Å². The van der Waals surface area contributed by atoms with E-state index in [9.17, 15) is 9.90 Å². The summed E-state index contributed by atoms with van der Waals surface area (Å²) in [6.45, 7) is 3.43. The van der Waals surface area contributed by atoms with Crippen molar-refractivity contribution in [3.05, 3.63) is 47.3 Å². The number of para-hydroxylation sites is 1. The van der Waals surface area contributed by atoms with E-state index in [1.54, 1.807) is 13.8 Å². The Kier molecular flexibility index (Phi) is 4.85. The van der Waals surface area contributed by atoms with Crippen molar-refractivity contribution >= 4 is 5.91 Å². The first kappa shape index (κ1) is 16.5. The molecule has 0 radical (unpaired) electrons. The zero-order valence-electron chi connectivity index (χ0n) is 13.9. The normalized spacial score (nSPS) is 23.7. The fourth-order valence-electron chi connectivity index (χ4n) is 3.15. The zero-order valence-corrected chi connectivity index (χ0v) is 13.9. The van der Waals surface area contributed by atoms with Crippen molar-refractivity contribution in [2.45, 2.75) is 51.4 Å². The van der Waals surface area contributed by atoms with Crippen LogP contribution in [0.2, 0.25) is 0 Å². The fraction of sp³-hybridized carbons (Fsp3) is 0.444. The second kappa shape index (κ2) is 7.05. The molecule has 24 heavy (non-hydrogen) atoms. The number of aliphatic hydroxyl groups excluding tert-OH is 1. The predicted molar refractivity (Wildman–Crippen MR) is 87.9 cm³/mol. The molecule has 1 amide bonds. The Balaban J connectivity index is 1.67. The van der Waals surface area contributed by atoms with Gasteiger partial charge in [-0.05, 0) is 45.2 Å². The number of ether oxygens (including phenoxy) is 1. The average molecular weight is 330 g/mol. The number of nitrogens with zero attached hydrogens (tertiary/aromatic N) is 1. The molecular weight excluding hydrogens is 308 g/mol. The van der Waals surface area contributed by atoms with Crippen LogP contribution in [-0.2, 0) is 0 Å². The SMILES string of the molecule is Cc1noc(C)c1C(=O)N[C@@H]1CCC[C@@H](Oc2ccccc2)[C@@H]1O. The minimum absolute atomic E-state index is 0.268. The number of rotatable bonds is 4. The summed E-state index contributed by atoms with van der Waals surface area (Å²) in [6.07, 6.45) is 1.25. The number of hydrogen-bond acceptors (Lipinski definition) is 5. The van der Waals surface area contributed by atoms with Crippen LogP contribution in [0.15, 0.2) is 34.9 Å². The van der Waals surface area contributed by atoms with E-state index in [0.29, 0.717) is 23.4 Å². The molecule has 2 N–H and O–H groups in total. The molecule has 6 nitrogen and oxygen atoms in total. The Morgan fingerprint density at radius 2 is 2.04 bits per heavy atom. The van der Waals surface area contributed by atoms with Crippen LogP contribution < -0.4 is 10.1 Å². The van der Waals surface area contributed by atoms with E-state index >= 15 is 0 Å². The molecule has 0 bridgehead atoms. The average Bonchev–Trinajstić information content (AvgIpc) is 2.91. The number of hydrogen-bond donors (Lipinski definition) is 2. The monoisotopic (exact) mass is 330 g/mol. The number of aliphatic hydroxyl groups is 1. The third-order valence-electron chi connectivity index (χ3n) is 4.40. The van der Waals surface area contributed by atoms with Crippen LogP contribution in [0.25, 0.3) is 0 Å². The number of aromatic nitrogens is 1. The molecule has 6 heteroatoms. The molecule has 0 spiro atoms. The van der Waals surface area contributed by atoms with Crippen molar-refractivity contribution in [1.29, 1.82) is 0 Å². The standard InChI is InChI=1S/C18H22N2O4/c1-11-16(12(2)24-20-11)18(22)19-14-9-6-10-15(17(14)21)23-13-7-4-3-5-8-13/h3-5,7-8,14-15,17,21H,6,9-10H2,1-2H3,(H,19,22)/t14-,15-,17-/m1/s1. The Bertz CT molecular complexity index is 679. The van der Waals surface area contributed by atoms with E-state index < -0.39 is 6.10 Å². The summed E-state index contributed by atoms with van der Waals surface area (Å²) >= 11 is 0. The van der Waals surface area contributed by atoms with E-state index in [0.717, 1.165) is 18.6 Å². The van der Waals surface area contributed by atoms with Crippen LogP contribution in [0.3, 0.4) is 0 Å². The molecule has 1 fully saturated rings. The zero-order chi connectivity index (χ0) is 17.1. The Labute approximate surface area is 140 Å². The van der Waals surface area contributed by atoms with Crippen molar-refractivity contribution in [2.75, 3.05) is 0 Å². The topological polar surface area (TPSA) is 84.6 Å². The van der Waals surface area contributed by atoms with Crippen LogP contribution >= 0.6 is 0 Å². The molecule has 1 aromatic carbocycles. The second-order valence-electron chi connectivity index (χ2n) is 6.17. The van der Waals surface area contributed by atoms with Crippen molar-refractivity contribution in [2.24, 2.45) is 0 Å². The first-order valence-corrected chi connectivity index (χ1v) is 8.19. The maximum Gasteiger partial charge on any atom is 0.257 e. The lowest BCUT2D eigenvalue weighted by atomic mass is 9.89. The summed E-state index contributed by atoms with van der Waals surface area (Å²) in [5.41, 5.74) is 0.987. The third-order valence-corrected chi connectivity index (χ3v) is 4.40. The van der Waals surface area contributed by atoms with Gasteiger partial charge in [0.1, 0.15) is 29.3 Å². The van der Waals surface area contributed by atoms with Gasteiger partial charge in [-0.1, -0.05) is 23.4 Å². The van der Waals surface area contributed by atoms with E-state index in [1.807, 2.05) is 30.3 Å². The molecule has 0 aliphatic heterocycles. The number of aryl methyl sites for hydroxylation is 2. The maximum atomic E-state index is 12.5. The first-order chi connectivity index (χ1) is 11.6. The molecule has 0 unspecified atom stereocenters. The van der Waals surface area contributed by atoms with Gasteiger partial charge in [0.25, 0.3) is 5.91 Å². The lowest BCUT2D eigenvalue weighted by molar-refractivity contribution is -0.0140. The summed E-state index contributed by atoms with van der Waals surface area (Å²) < 4.78 is 10.9. The molecule has 1 aliphatic carbocycles. The molecule has 1 heterocycles. The Hall–Kier alpha value is -2.34. The van der Waals surface area contributed by atoms with Crippen molar-refractivity contribution < 1.29 is 19.2 Å². The highest BCUT2D eigenvalue weighted by atomic mass is 16.5. The van der Waals surface area contributed by atoms with Crippen molar-refractivity contribution in [1.82, 2.24) is 10.5 Å².